The smallest absolute Gasteiger partial charge is 0.259 e. The Morgan fingerprint density at radius 1 is 1.26 bits per heavy atom. The Labute approximate surface area is 164 Å². The molecule has 3 rings (SSSR count). The fourth-order valence-electron chi connectivity index (χ4n) is 3.39. The van der Waals surface area contributed by atoms with Crippen molar-refractivity contribution in [1.82, 2.24) is 9.55 Å². The molecule has 0 radical (unpaired) electrons. The molecule has 1 aliphatic rings. The van der Waals surface area contributed by atoms with E-state index in [1.54, 1.807) is 0 Å². The number of nitrogens with one attached hydrogen (secondary N) is 2. The Kier molecular flexibility index (Phi) is 6.58. The molecule has 27 heavy (non-hydrogen) atoms. The van der Waals surface area contributed by atoms with Crippen LogP contribution in [0.4, 0.5) is 11.4 Å². The van der Waals surface area contributed by atoms with Gasteiger partial charge in [0.05, 0.1) is 24.3 Å². The van der Waals surface area contributed by atoms with Gasteiger partial charge in [0.2, 0.25) is 0 Å². The normalized spacial score (nSPS) is 15.4. The number of hydrogen-bond acceptors (Lipinski definition) is 4. The molecule has 0 amide bonds. The summed E-state index contributed by atoms with van der Waals surface area (Å²) in [7, 11) is 0. The van der Waals surface area contributed by atoms with Crippen molar-refractivity contribution in [3.05, 3.63) is 45.0 Å². The third kappa shape index (κ3) is 4.73. The number of nitrogens with zero attached hydrogens (tertiary/aromatic N) is 2. The minimum absolute atomic E-state index is 0.0189. The average molecular weight is 387 g/mol. The van der Waals surface area contributed by atoms with E-state index in [1.165, 1.54) is 53.7 Å². The van der Waals surface area contributed by atoms with Crippen LogP contribution in [-0.4, -0.2) is 28.9 Å². The van der Waals surface area contributed by atoms with E-state index >= 15 is 0 Å². The van der Waals surface area contributed by atoms with Crippen molar-refractivity contribution in [1.29, 1.82) is 0 Å². The summed E-state index contributed by atoms with van der Waals surface area (Å²) in [6, 6.07) is 8.00. The van der Waals surface area contributed by atoms with Gasteiger partial charge < -0.3 is 14.6 Å². The Morgan fingerprint density at radius 3 is 2.63 bits per heavy atom. The van der Waals surface area contributed by atoms with E-state index in [0.29, 0.717) is 6.54 Å². The number of rotatable bonds is 6. The van der Waals surface area contributed by atoms with Crippen LogP contribution in [0.2, 0.25) is 0 Å². The van der Waals surface area contributed by atoms with Crippen LogP contribution in [0.15, 0.2) is 34.1 Å². The Balaban J connectivity index is 1.81. The molecule has 0 unspecified atom stereocenters. The average Bonchev–Trinajstić information content (AvgIpc) is 2.69. The molecule has 2 heterocycles. The van der Waals surface area contributed by atoms with E-state index < -0.39 is 5.56 Å². The largest absolute Gasteiger partial charge is 0.859 e. The van der Waals surface area contributed by atoms with Gasteiger partial charge in [0.15, 0.2) is 4.77 Å². The predicted octanol–water partition coefficient (Wildman–Crippen LogP) is 2.23. The topological polar surface area (TPSA) is 77.6 Å². The van der Waals surface area contributed by atoms with Gasteiger partial charge in [-0.2, -0.15) is 0 Å². The highest BCUT2D eigenvalue weighted by Crippen LogP contribution is 2.16. The van der Waals surface area contributed by atoms with Crippen molar-refractivity contribution < 1.29 is 10.0 Å². The zero-order chi connectivity index (χ0) is 19.2. The lowest BCUT2D eigenvalue weighted by atomic mass is 10.1. The molecular weight excluding hydrogens is 360 g/mol. The Hall–Kier alpha value is -2.25. The molecule has 2 N–H and O–H groups in total. The summed E-state index contributed by atoms with van der Waals surface area (Å²) < 4.78 is 1.61. The first-order valence-corrected chi connectivity index (χ1v) is 10.0. The summed E-state index contributed by atoms with van der Waals surface area (Å²) in [6.45, 7) is 4.88. The highest BCUT2D eigenvalue weighted by molar-refractivity contribution is 7.71. The summed E-state index contributed by atoms with van der Waals surface area (Å²) >= 11 is 5.11. The lowest BCUT2D eigenvalue weighted by molar-refractivity contribution is -0.838. The molecule has 144 valence electrons. The Morgan fingerprint density at radius 2 is 1.96 bits per heavy atom. The van der Waals surface area contributed by atoms with Gasteiger partial charge in [-0.25, -0.2) is 0 Å². The van der Waals surface area contributed by atoms with E-state index in [4.69, 9.17) is 12.2 Å². The van der Waals surface area contributed by atoms with Crippen LogP contribution in [0.25, 0.3) is 0 Å². The monoisotopic (exact) mass is 386 g/mol. The van der Waals surface area contributed by atoms with Gasteiger partial charge in [-0.1, -0.05) is 13.3 Å². The van der Waals surface area contributed by atoms with Crippen molar-refractivity contribution in [3.8, 4) is 5.88 Å². The second-order valence-electron chi connectivity index (χ2n) is 6.95. The summed E-state index contributed by atoms with van der Waals surface area (Å²) in [5.74, 6) is -0.379. The lowest BCUT2D eigenvalue weighted by Gasteiger charge is -2.23. The van der Waals surface area contributed by atoms with Crippen LogP contribution < -0.4 is 15.6 Å². The van der Waals surface area contributed by atoms with Crippen LogP contribution in [0.3, 0.4) is 0 Å². The highest BCUT2D eigenvalue weighted by atomic mass is 32.1. The van der Waals surface area contributed by atoms with Crippen LogP contribution >= 0.6 is 12.2 Å². The molecule has 0 aliphatic carbocycles. The number of hydrogen-bond donors (Lipinski definition) is 2. The number of quaternary nitrogens is 1. The fourth-order valence-corrected chi connectivity index (χ4v) is 3.66. The first kappa shape index (κ1) is 19.5. The molecule has 7 heteroatoms. The van der Waals surface area contributed by atoms with E-state index in [0.717, 1.165) is 18.5 Å². The van der Waals surface area contributed by atoms with Crippen molar-refractivity contribution >= 4 is 29.8 Å². The second kappa shape index (κ2) is 9.10. The van der Waals surface area contributed by atoms with Gasteiger partial charge in [-0.3, -0.25) is 14.8 Å². The first-order valence-electron chi connectivity index (χ1n) is 9.63. The molecule has 1 aliphatic heterocycles. The molecule has 0 spiro atoms. The van der Waals surface area contributed by atoms with E-state index in [2.05, 4.69) is 22.1 Å². The van der Waals surface area contributed by atoms with Gasteiger partial charge in [0, 0.05) is 24.9 Å². The van der Waals surface area contributed by atoms with Crippen molar-refractivity contribution in [2.75, 3.05) is 13.1 Å². The van der Waals surface area contributed by atoms with E-state index in [1.807, 2.05) is 19.1 Å². The maximum Gasteiger partial charge on any atom is 0.259 e. The van der Waals surface area contributed by atoms with Crippen molar-refractivity contribution in [3.63, 3.8) is 0 Å². The summed E-state index contributed by atoms with van der Waals surface area (Å²) in [6.07, 6.45) is 6.96. The summed E-state index contributed by atoms with van der Waals surface area (Å²) in [5.41, 5.74) is 1.52. The molecule has 2 aromatic rings. The van der Waals surface area contributed by atoms with Crippen LogP contribution in [0.1, 0.15) is 44.6 Å². The molecule has 1 aromatic heterocycles. The van der Waals surface area contributed by atoms with Crippen molar-refractivity contribution in [2.24, 2.45) is 4.99 Å². The number of aromatic nitrogens is 2. The maximum absolute atomic E-state index is 12.6. The van der Waals surface area contributed by atoms with E-state index in [-0.39, 0.29) is 16.2 Å². The molecule has 0 saturated carbocycles. The highest BCUT2D eigenvalue weighted by Gasteiger charge is 2.15. The van der Waals surface area contributed by atoms with Crippen LogP contribution in [0.5, 0.6) is 5.88 Å². The van der Waals surface area contributed by atoms with Gasteiger partial charge in [0.25, 0.3) is 5.56 Å². The molecule has 1 fully saturated rings. The van der Waals surface area contributed by atoms with E-state index in [9.17, 15) is 9.90 Å². The molecule has 0 bridgehead atoms. The number of benzene rings is 1. The zero-order valence-corrected chi connectivity index (χ0v) is 16.5. The van der Waals surface area contributed by atoms with Crippen molar-refractivity contribution in [2.45, 2.75) is 45.6 Å². The van der Waals surface area contributed by atoms with Crippen LogP contribution in [0, 0.1) is 4.77 Å². The number of aliphatic imine (C=N–C) groups is 1. The fraction of sp³-hybridized carbons (Fsp3) is 0.450. The summed E-state index contributed by atoms with van der Waals surface area (Å²) in [4.78, 5) is 20.6. The molecule has 1 saturated heterocycles. The molecule has 6 nitrogen and oxygen atoms in total. The third-order valence-corrected chi connectivity index (χ3v) is 5.32. The SMILES string of the molecule is CCCCn1c([O-])c(C=Nc2ccc([NH+]3CCCCC3)cc2)c(=O)[nH]c1=S. The third-order valence-electron chi connectivity index (χ3n) is 5.00. The standard InChI is InChI=1S/C20H26N4O2S/c1-2-3-13-24-19(26)17(18(25)22-20(24)27)14-21-15-7-9-16(10-8-15)23-11-5-4-6-12-23/h7-10,14,26H,2-6,11-13H2,1H3,(H,22,25,27). The minimum atomic E-state index is -0.490. The lowest BCUT2D eigenvalue weighted by Crippen LogP contribution is -3.08. The maximum atomic E-state index is 12.6. The second-order valence-corrected chi connectivity index (χ2v) is 7.34. The number of aromatic amines is 1. The van der Waals surface area contributed by atoms with Gasteiger partial charge >= 0.3 is 0 Å². The Bertz CT molecular complexity index is 909. The van der Waals surface area contributed by atoms with Crippen LogP contribution in [-0.2, 0) is 6.54 Å². The number of unbranched alkanes of at least 4 members (excludes halogenated alkanes) is 1. The number of piperidine rings is 1. The van der Waals surface area contributed by atoms with Gasteiger partial charge in [0.1, 0.15) is 5.69 Å². The first-order chi connectivity index (χ1) is 13.1. The molecular formula is C20H26N4O2S. The van der Waals surface area contributed by atoms with Gasteiger partial charge in [-0.05, 0) is 55.9 Å². The predicted molar refractivity (Wildman–Crippen MR) is 108 cm³/mol. The summed E-state index contributed by atoms with van der Waals surface area (Å²) in [5, 5.41) is 12.6. The minimum Gasteiger partial charge on any atom is -0.859 e. The number of H-pyrrole nitrogens is 1. The quantitative estimate of drug-likeness (QED) is 0.590. The molecule has 1 aromatic carbocycles. The molecule has 0 atom stereocenters. The zero-order valence-electron chi connectivity index (χ0n) is 15.7. The van der Waals surface area contributed by atoms with Gasteiger partial charge in [-0.15, -0.1) is 0 Å².